The maximum atomic E-state index is 11.3. The minimum atomic E-state index is -0.0650. The first-order valence-electron chi connectivity index (χ1n) is 5.70. The van der Waals surface area contributed by atoms with Crippen molar-refractivity contribution in [3.63, 3.8) is 0 Å². The van der Waals surface area contributed by atoms with Gasteiger partial charge in [0.25, 0.3) is 0 Å². The zero-order valence-corrected chi connectivity index (χ0v) is 10.6. The number of alkyl halides is 1. The zero-order chi connectivity index (χ0) is 12.8. The Morgan fingerprint density at radius 3 is 2.72 bits per heavy atom. The van der Waals surface area contributed by atoms with Gasteiger partial charge >= 0.3 is 0 Å². The molecule has 1 aromatic heterocycles. The van der Waals surface area contributed by atoms with Crippen LogP contribution >= 0.6 is 11.6 Å². The average Bonchev–Trinajstić information content (AvgIpc) is 2.85. The average molecular weight is 264 g/mol. The molecule has 0 radical (unpaired) electrons. The molecule has 0 saturated carbocycles. The van der Waals surface area contributed by atoms with Crippen LogP contribution in [0.1, 0.15) is 12.0 Å². The number of hydrogen-bond acceptors (Lipinski definition) is 2. The van der Waals surface area contributed by atoms with Crippen LogP contribution in [-0.4, -0.2) is 21.6 Å². The molecule has 0 aliphatic carbocycles. The summed E-state index contributed by atoms with van der Waals surface area (Å²) in [6.07, 6.45) is 3.99. The number of aromatic nitrogens is 2. The number of hydrogen-bond donors (Lipinski definition) is 1. The Balaban J connectivity index is 1.95. The highest BCUT2D eigenvalue weighted by atomic mass is 35.5. The molecule has 5 heteroatoms. The van der Waals surface area contributed by atoms with E-state index in [2.05, 4.69) is 10.4 Å². The number of halogens is 1. The molecule has 1 N–H and O–H groups in total. The molecule has 2 aromatic rings. The summed E-state index contributed by atoms with van der Waals surface area (Å²) in [6, 6.07) is 9.59. The van der Waals surface area contributed by atoms with Gasteiger partial charge in [0.2, 0.25) is 5.91 Å². The third-order valence-electron chi connectivity index (χ3n) is 2.46. The van der Waals surface area contributed by atoms with E-state index in [9.17, 15) is 4.79 Å². The predicted molar refractivity (Wildman–Crippen MR) is 71.7 cm³/mol. The monoisotopic (exact) mass is 263 g/mol. The Hall–Kier alpha value is -1.81. The predicted octanol–water partition coefficient (Wildman–Crippen LogP) is 2.50. The van der Waals surface area contributed by atoms with E-state index in [0.29, 0.717) is 12.3 Å². The highest BCUT2D eigenvalue weighted by molar-refractivity contribution is 6.19. The highest BCUT2D eigenvalue weighted by Gasteiger charge is 2.01. The molecule has 94 valence electrons. The molecule has 0 unspecified atom stereocenters. The first-order chi connectivity index (χ1) is 8.78. The number of anilines is 1. The Morgan fingerprint density at radius 2 is 2.11 bits per heavy atom. The molecule has 1 heterocycles. The highest BCUT2D eigenvalue weighted by Crippen LogP contribution is 2.11. The second-order valence-corrected chi connectivity index (χ2v) is 4.27. The lowest BCUT2D eigenvalue weighted by Gasteiger charge is -2.06. The van der Waals surface area contributed by atoms with Crippen LogP contribution in [0.4, 0.5) is 5.69 Å². The molecule has 0 aliphatic heterocycles. The molecule has 2 rings (SSSR count). The molecule has 0 aliphatic rings. The van der Waals surface area contributed by atoms with E-state index in [1.165, 1.54) is 0 Å². The summed E-state index contributed by atoms with van der Waals surface area (Å²) in [4.78, 5) is 11.3. The summed E-state index contributed by atoms with van der Waals surface area (Å²) in [5, 5.41) is 6.92. The second kappa shape index (κ2) is 6.21. The smallest absolute Gasteiger partial charge is 0.225 e. The van der Waals surface area contributed by atoms with Crippen molar-refractivity contribution in [1.29, 1.82) is 0 Å². The zero-order valence-electron chi connectivity index (χ0n) is 9.84. The third kappa shape index (κ3) is 3.60. The van der Waals surface area contributed by atoms with Gasteiger partial charge in [0.15, 0.2) is 0 Å². The third-order valence-corrected chi connectivity index (χ3v) is 2.65. The number of nitrogens with zero attached hydrogens (tertiary/aromatic N) is 2. The van der Waals surface area contributed by atoms with Gasteiger partial charge in [0.05, 0.1) is 6.54 Å². The summed E-state index contributed by atoms with van der Waals surface area (Å²) >= 11 is 5.50. The Labute approximate surface area is 111 Å². The van der Waals surface area contributed by atoms with E-state index in [0.717, 1.165) is 17.8 Å². The van der Waals surface area contributed by atoms with E-state index in [4.69, 9.17) is 11.6 Å². The van der Waals surface area contributed by atoms with Crippen molar-refractivity contribution in [2.75, 3.05) is 11.2 Å². The van der Waals surface area contributed by atoms with E-state index in [-0.39, 0.29) is 5.91 Å². The molecule has 18 heavy (non-hydrogen) atoms. The van der Waals surface area contributed by atoms with Gasteiger partial charge in [0, 0.05) is 30.4 Å². The summed E-state index contributed by atoms with van der Waals surface area (Å²) in [7, 11) is 0. The molecule has 0 spiro atoms. The molecule has 0 bridgehead atoms. The molecule has 0 atom stereocenters. The first-order valence-corrected chi connectivity index (χ1v) is 6.23. The number of carbonyl (C=O) groups excluding carboxylic acids is 1. The maximum absolute atomic E-state index is 11.3. The van der Waals surface area contributed by atoms with Crippen LogP contribution in [0, 0.1) is 0 Å². The quantitative estimate of drug-likeness (QED) is 0.843. The van der Waals surface area contributed by atoms with Crippen molar-refractivity contribution in [2.45, 2.75) is 13.0 Å². The number of nitrogens with one attached hydrogen (secondary N) is 1. The molecule has 1 aromatic carbocycles. The lowest BCUT2D eigenvalue weighted by Crippen LogP contribution is -2.11. The molecule has 4 nitrogen and oxygen atoms in total. The van der Waals surface area contributed by atoms with Crippen LogP contribution in [-0.2, 0) is 11.3 Å². The fourth-order valence-corrected chi connectivity index (χ4v) is 1.76. The summed E-state index contributed by atoms with van der Waals surface area (Å²) in [5.74, 6) is 0.272. The van der Waals surface area contributed by atoms with Crippen molar-refractivity contribution < 1.29 is 4.79 Å². The largest absolute Gasteiger partial charge is 0.326 e. The van der Waals surface area contributed by atoms with Crippen LogP contribution in [0.3, 0.4) is 0 Å². The first kappa shape index (κ1) is 12.6. The van der Waals surface area contributed by atoms with Crippen LogP contribution < -0.4 is 5.32 Å². The van der Waals surface area contributed by atoms with Crippen molar-refractivity contribution >= 4 is 23.2 Å². The van der Waals surface area contributed by atoms with Gasteiger partial charge < -0.3 is 5.32 Å². The van der Waals surface area contributed by atoms with E-state index in [1.807, 2.05) is 41.2 Å². The van der Waals surface area contributed by atoms with E-state index < -0.39 is 0 Å². The van der Waals surface area contributed by atoms with Crippen molar-refractivity contribution in [2.24, 2.45) is 0 Å². The maximum Gasteiger partial charge on any atom is 0.225 e. The molecule has 0 saturated heterocycles. The number of amides is 1. The molecule has 1 amide bonds. The minimum absolute atomic E-state index is 0.0650. The summed E-state index contributed by atoms with van der Waals surface area (Å²) in [5.41, 5.74) is 1.92. The van der Waals surface area contributed by atoms with Gasteiger partial charge in [-0.15, -0.1) is 11.6 Å². The van der Waals surface area contributed by atoms with E-state index in [1.54, 1.807) is 6.20 Å². The second-order valence-electron chi connectivity index (χ2n) is 3.89. The van der Waals surface area contributed by atoms with Gasteiger partial charge in [-0.1, -0.05) is 12.1 Å². The molecule has 0 fully saturated rings. The summed E-state index contributed by atoms with van der Waals surface area (Å²) in [6.45, 7) is 0.725. The van der Waals surface area contributed by atoms with Gasteiger partial charge in [-0.05, 0) is 23.8 Å². The van der Waals surface area contributed by atoms with Crippen LogP contribution in [0.25, 0.3) is 0 Å². The fraction of sp³-hybridized carbons (Fsp3) is 0.231. The minimum Gasteiger partial charge on any atom is -0.326 e. The van der Waals surface area contributed by atoms with Crippen LogP contribution in [0.15, 0.2) is 42.7 Å². The van der Waals surface area contributed by atoms with Gasteiger partial charge in [-0.25, -0.2) is 0 Å². The summed E-state index contributed by atoms with van der Waals surface area (Å²) < 4.78 is 1.85. The topological polar surface area (TPSA) is 46.9 Å². The Kier molecular flexibility index (Phi) is 4.36. The number of benzene rings is 1. The number of rotatable bonds is 5. The van der Waals surface area contributed by atoms with Crippen molar-refractivity contribution in [3.8, 4) is 0 Å². The van der Waals surface area contributed by atoms with E-state index >= 15 is 0 Å². The lowest BCUT2D eigenvalue weighted by molar-refractivity contribution is -0.115. The lowest BCUT2D eigenvalue weighted by atomic mass is 10.2. The van der Waals surface area contributed by atoms with Gasteiger partial charge in [0.1, 0.15) is 0 Å². The number of carbonyl (C=O) groups is 1. The van der Waals surface area contributed by atoms with Crippen molar-refractivity contribution in [1.82, 2.24) is 9.78 Å². The Bertz CT molecular complexity index is 493. The van der Waals surface area contributed by atoms with Crippen LogP contribution in [0.5, 0.6) is 0 Å². The van der Waals surface area contributed by atoms with Gasteiger partial charge in [-0.2, -0.15) is 5.10 Å². The standard InChI is InChI=1S/C13H14ClN3O/c14-7-6-13(18)16-12-4-2-11(3-5-12)10-17-9-1-8-15-17/h1-5,8-9H,6-7,10H2,(H,16,18). The SMILES string of the molecule is O=C(CCCl)Nc1ccc(Cn2cccn2)cc1. The molecular weight excluding hydrogens is 250 g/mol. The van der Waals surface area contributed by atoms with Crippen LogP contribution in [0.2, 0.25) is 0 Å². The van der Waals surface area contributed by atoms with Crippen molar-refractivity contribution in [3.05, 3.63) is 48.3 Å². The molecular formula is C13H14ClN3O. The Morgan fingerprint density at radius 1 is 1.33 bits per heavy atom. The normalized spacial score (nSPS) is 10.3. The fourth-order valence-electron chi connectivity index (χ4n) is 1.58. The van der Waals surface area contributed by atoms with Gasteiger partial charge in [-0.3, -0.25) is 9.48 Å².